The van der Waals surface area contributed by atoms with Gasteiger partial charge in [-0.05, 0) is 56.7 Å². The van der Waals surface area contributed by atoms with Gasteiger partial charge < -0.3 is 10.2 Å². The van der Waals surface area contributed by atoms with Crippen molar-refractivity contribution in [3.8, 4) is 0 Å². The summed E-state index contributed by atoms with van der Waals surface area (Å²) >= 11 is 0. The number of carbonyl (C=O) groups is 2. The number of amides is 2. The number of para-hydroxylation sites is 1. The monoisotopic (exact) mass is 371 g/mol. The second-order valence-electron chi connectivity index (χ2n) is 8.42. The van der Waals surface area contributed by atoms with Gasteiger partial charge in [0.05, 0.1) is 13.1 Å². The first-order valence-electron chi connectivity index (χ1n) is 10.3. The molecule has 0 aromatic heterocycles. The molecule has 5 nitrogen and oxygen atoms in total. The minimum atomic E-state index is -0.0753. The normalized spacial score (nSPS) is 22.4. The van der Waals surface area contributed by atoms with E-state index >= 15 is 0 Å². The van der Waals surface area contributed by atoms with Crippen LogP contribution in [0.4, 0.5) is 5.69 Å². The van der Waals surface area contributed by atoms with E-state index in [0.717, 1.165) is 42.2 Å². The van der Waals surface area contributed by atoms with Gasteiger partial charge in [0.2, 0.25) is 11.8 Å². The van der Waals surface area contributed by atoms with E-state index in [1.54, 1.807) is 0 Å². The van der Waals surface area contributed by atoms with Crippen LogP contribution in [-0.2, 0) is 9.59 Å². The Morgan fingerprint density at radius 1 is 1.07 bits per heavy atom. The number of hydrogen-bond donors (Lipinski definition) is 1. The molecule has 5 heteroatoms. The Morgan fingerprint density at radius 2 is 1.74 bits per heavy atom. The van der Waals surface area contributed by atoms with Crippen molar-refractivity contribution in [2.24, 2.45) is 11.8 Å². The molecule has 0 spiro atoms. The summed E-state index contributed by atoms with van der Waals surface area (Å²) in [7, 11) is 1.84. The van der Waals surface area contributed by atoms with Crippen LogP contribution in [0.2, 0.25) is 0 Å². The maximum Gasteiger partial charge on any atom is 0.238 e. The van der Waals surface area contributed by atoms with Crippen LogP contribution >= 0.6 is 0 Å². The molecule has 2 fully saturated rings. The van der Waals surface area contributed by atoms with Gasteiger partial charge in [-0.25, -0.2) is 0 Å². The number of carbonyl (C=O) groups excluding carboxylic acids is 2. The van der Waals surface area contributed by atoms with Crippen molar-refractivity contribution in [1.29, 1.82) is 0 Å². The minimum Gasteiger partial charge on any atom is -0.341 e. The highest BCUT2D eigenvalue weighted by molar-refractivity contribution is 5.94. The molecule has 3 rings (SSSR count). The smallest absolute Gasteiger partial charge is 0.238 e. The lowest BCUT2D eigenvalue weighted by Gasteiger charge is -2.41. The zero-order valence-corrected chi connectivity index (χ0v) is 17.0. The van der Waals surface area contributed by atoms with Crippen molar-refractivity contribution in [2.75, 3.05) is 38.5 Å². The van der Waals surface area contributed by atoms with E-state index in [4.69, 9.17) is 0 Å². The number of rotatable bonds is 5. The number of nitrogens with one attached hydrogen (secondary N) is 1. The lowest BCUT2D eigenvalue weighted by atomic mass is 9.75. The first-order chi connectivity index (χ1) is 12.9. The number of likely N-dealkylation sites (N-methyl/N-ethyl adjacent to an activating group) is 1. The fourth-order valence-electron chi connectivity index (χ4n) is 4.65. The van der Waals surface area contributed by atoms with Crippen LogP contribution in [0, 0.1) is 25.7 Å². The molecule has 2 amide bonds. The Kier molecular flexibility index (Phi) is 6.53. The standard InChI is InChI=1S/C22H33N3O2/c1-16-7-6-8-17(2)22(16)23-20(26)14-24(3)15-21(27)25-12-11-18-9-4-5-10-19(18)13-25/h6-8,18-19H,4-5,9-15H2,1-3H3,(H,23,26)/t18-,19-/m1/s1. The van der Waals surface area contributed by atoms with E-state index in [1.807, 2.05) is 48.9 Å². The largest absolute Gasteiger partial charge is 0.341 e. The summed E-state index contributed by atoms with van der Waals surface area (Å²) in [5.74, 6) is 1.59. The first kappa shape index (κ1) is 19.9. The summed E-state index contributed by atoms with van der Waals surface area (Å²) in [6.45, 7) is 6.29. The third-order valence-electron chi connectivity index (χ3n) is 6.21. The number of anilines is 1. The Labute approximate surface area is 163 Å². The van der Waals surface area contributed by atoms with Crippen molar-refractivity contribution in [2.45, 2.75) is 46.0 Å². The number of aryl methyl sites for hydroxylation is 2. The number of piperidine rings is 1. The van der Waals surface area contributed by atoms with Crippen molar-refractivity contribution in [1.82, 2.24) is 9.80 Å². The topological polar surface area (TPSA) is 52.7 Å². The van der Waals surface area contributed by atoms with Crippen LogP contribution in [0.5, 0.6) is 0 Å². The average molecular weight is 372 g/mol. The molecule has 2 aliphatic rings. The van der Waals surface area contributed by atoms with Gasteiger partial charge in [0, 0.05) is 18.8 Å². The number of nitrogens with zero attached hydrogens (tertiary/aromatic N) is 2. The van der Waals surface area contributed by atoms with Gasteiger partial charge in [0.15, 0.2) is 0 Å². The second-order valence-corrected chi connectivity index (χ2v) is 8.42. The lowest BCUT2D eigenvalue weighted by molar-refractivity contribution is -0.135. The lowest BCUT2D eigenvalue weighted by Crippen LogP contribution is -2.48. The van der Waals surface area contributed by atoms with Gasteiger partial charge in [0.1, 0.15) is 0 Å². The molecule has 1 saturated carbocycles. The molecule has 1 N–H and O–H groups in total. The zero-order valence-electron chi connectivity index (χ0n) is 17.0. The molecule has 27 heavy (non-hydrogen) atoms. The highest BCUT2D eigenvalue weighted by Crippen LogP contribution is 2.36. The van der Waals surface area contributed by atoms with Crippen LogP contribution in [0.1, 0.15) is 43.2 Å². The Balaban J connectivity index is 1.47. The van der Waals surface area contributed by atoms with E-state index in [1.165, 1.54) is 25.7 Å². The molecule has 148 valence electrons. The van der Waals surface area contributed by atoms with Crippen LogP contribution in [0.3, 0.4) is 0 Å². The highest BCUT2D eigenvalue weighted by atomic mass is 16.2. The number of hydrogen-bond acceptors (Lipinski definition) is 3. The maximum atomic E-state index is 12.7. The summed E-state index contributed by atoms with van der Waals surface area (Å²) in [6.07, 6.45) is 6.41. The van der Waals surface area contributed by atoms with E-state index in [-0.39, 0.29) is 18.4 Å². The Hall–Kier alpha value is -1.88. The molecule has 1 aromatic carbocycles. The molecule has 1 aliphatic carbocycles. The van der Waals surface area contributed by atoms with Crippen LogP contribution in [0.25, 0.3) is 0 Å². The fraction of sp³-hybridized carbons (Fsp3) is 0.636. The van der Waals surface area contributed by atoms with E-state index in [9.17, 15) is 9.59 Å². The summed E-state index contributed by atoms with van der Waals surface area (Å²) in [5.41, 5.74) is 2.98. The van der Waals surface area contributed by atoms with Crippen molar-refractivity contribution in [3.05, 3.63) is 29.3 Å². The molecule has 1 aromatic rings. The van der Waals surface area contributed by atoms with Crippen molar-refractivity contribution < 1.29 is 9.59 Å². The molecule has 1 saturated heterocycles. The Bertz CT molecular complexity index is 668. The zero-order chi connectivity index (χ0) is 19.4. The van der Waals surface area contributed by atoms with Crippen LogP contribution in [-0.4, -0.2) is 54.8 Å². The molecular formula is C22H33N3O2. The fourth-order valence-corrected chi connectivity index (χ4v) is 4.65. The van der Waals surface area contributed by atoms with Crippen molar-refractivity contribution in [3.63, 3.8) is 0 Å². The molecule has 0 radical (unpaired) electrons. The first-order valence-corrected chi connectivity index (χ1v) is 10.3. The summed E-state index contributed by atoms with van der Waals surface area (Å²) in [4.78, 5) is 28.9. The summed E-state index contributed by atoms with van der Waals surface area (Å²) in [5, 5.41) is 2.99. The third-order valence-corrected chi connectivity index (χ3v) is 6.21. The summed E-state index contributed by atoms with van der Waals surface area (Å²) in [6, 6.07) is 5.97. The van der Waals surface area contributed by atoms with Gasteiger partial charge in [-0.1, -0.05) is 37.5 Å². The van der Waals surface area contributed by atoms with Crippen LogP contribution in [0.15, 0.2) is 18.2 Å². The molecular weight excluding hydrogens is 338 g/mol. The minimum absolute atomic E-state index is 0.0753. The molecule has 0 unspecified atom stereocenters. The van der Waals surface area contributed by atoms with Crippen molar-refractivity contribution >= 4 is 17.5 Å². The summed E-state index contributed by atoms with van der Waals surface area (Å²) < 4.78 is 0. The molecule has 2 atom stereocenters. The van der Waals surface area contributed by atoms with Gasteiger partial charge >= 0.3 is 0 Å². The van der Waals surface area contributed by atoms with Gasteiger partial charge in [0.25, 0.3) is 0 Å². The quantitative estimate of drug-likeness (QED) is 0.865. The second kappa shape index (κ2) is 8.87. The van der Waals surface area contributed by atoms with Gasteiger partial charge in [-0.3, -0.25) is 14.5 Å². The molecule has 1 aliphatic heterocycles. The highest BCUT2D eigenvalue weighted by Gasteiger charge is 2.33. The molecule has 0 bridgehead atoms. The van der Waals surface area contributed by atoms with E-state index < -0.39 is 0 Å². The average Bonchev–Trinajstić information content (AvgIpc) is 2.64. The van der Waals surface area contributed by atoms with Crippen LogP contribution < -0.4 is 5.32 Å². The molecule has 1 heterocycles. The van der Waals surface area contributed by atoms with E-state index in [2.05, 4.69) is 5.32 Å². The van der Waals surface area contributed by atoms with E-state index in [0.29, 0.717) is 12.5 Å². The SMILES string of the molecule is Cc1cccc(C)c1NC(=O)CN(C)CC(=O)N1CC[C@H]2CCCC[C@@H]2C1. The maximum absolute atomic E-state index is 12.7. The number of fused-ring (bicyclic) bond motifs is 1. The predicted molar refractivity (Wildman–Crippen MR) is 109 cm³/mol. The Morgan fingerprint density at radius 3 is 2.44 bits per heavy atom. The third kappa shape index (κ3) is 5.10. The van der Waals surface area contributed by atoms with Gasteiger partial charge in [-0.2, -0.15) is 0 Å². The number of likely N-dealkylation sites (tertiary alicyclic amines) is 1. The van der Waals surface area contributed by atoms with Gasteiger partial charge in [-0.15, -0.1) is 0 Å². The predicted octanol–water partition coefficient (Wildman–Crippen LogP) is 3.21. The number of benzene rings is 1.